The first kappa shape index (κ1) is 15.9. The largest absolute Gasteiger partial charge is 0.490 e. The fourth-order valence-electron chi connectivity index (χ4n) is 1.05. The maximum Gasteiger partial charge on any atom is 0.300 e. The van der Waals surface area contributed by atoms with Crippen molar-refractivity contribution < 1.29 is 19.4 Å². The van der Waals surface area contributed by atoms with E-state index in [2.05, 4.69) is 0 Å². The molecule has 0 aromatic heterocycles. The van der Waals surface area contributed by atoms with E-state index in [1.807, 2.05) is 12.1 Å². The van der Waals surface area contributed by atoms with Crippen LogP contribution in [0.25, 0.3) is 0 Å². The molecule has 0 unspecified atom stereocenters. The summed E-state index contributed by atoms with van der Waals surface area (Å²) in [6, 6.07) is 7.20. The van der Waals surface area contributed by atoms with Gasteiger partial charge in [-0.15, -0.1) is 0 Å². The van der Waals surface area contributed by atoms with Crippen molar-refractivity contribution in [1.82, 2.24) is 0 Å². The first-order valence-corrected chi connectivity index (χ1v) is 5.23. The van der Waals surface area contributed by atoms with Crippen LogP contribution in [0.3, 0.4) is 0 Å². The van der Waals surface area contributed by atoms with Crippen LogP contribution in [0, 0.1) is 5.41 Å². The number of nitrogens with one attached hydrogen (secondary N) is 1. The molecule has 0 spiro atoms. The summed E-state index contributed by atoms with van der Waals surface area (Å²) in [6.07, 6.45) is 0. The lowest BCUT2D eigenvalue weighted by molar-refractivity contribution is -0.134. The highest BCUT2D eigenvalue weighted by molar-refractivity contribution is 5.97. The average Bonchev–Trinajstić information content (AvgIpc) is 2.29. The van der Waals surface area contributed by atoms with Gasteiger partial charge in [-0.3, -0.25) is 10.2 Å². The lowest BCUT2D eigenvalue weighted by Crippen LogP contribution is -2.14. The van der Waals surface area contributed by atoms with E-state index in [-0.39, 0.29) is 5.84 Å². The van der Waals surface area contributed by atoms with E-state index in [4.69, 9.17) is 30.5 Å². The van der Waals surface area contributed by atoms with Crippen LogP contribution >= 0.6 is 0 Å². The Bertz CT molecular complexity index is 389. The number of benzene rings is 1. The third kappa shape index (κ3) is 7.24. The molecule has 18 heavy (non-hydrogen) atoms. The van der Waals surface area contributed by atoms with Crippen LogP contribution in [-0.2, 0) is 9.53 Å². The molecule has 1 aromatic rings. The molecule has 4 N–H and O–H groups in total. The molecule has 100 valence electrons. The Labute approximate surface area is 106 Å². The predicted molar refractivity (Wildman–Crippen MR) is 68.1 cm³/mol. The molecule has 0 bridgehead atoms. The number of carboxylic acids is 1. The third-order valence-corrected chi connectivity index (χ3v) is 1.72. The summed E-state index contributed by atoms with van der Waals surface area (Å²) < 4.78 is 10.2. The molecule has 0 atom stereocenters. The van der Waals surface area contributed by atoms with Crippen molar-refractivity contribution in [2.24, 2.45) is 5.73 Å². The Balaban J connectivity index is 0.000000631. The van der Waals surface area contributed by atoms with E-state index >= 15 is 0 Å². The summed E-state index contributed by atoms with van der Waals surface area (Å²) in [7, 11) is 1.61. The number of para-hydroxylation sites is 1. The van der Waals surface area contributed by atoms with Gasteiger partial charge in [0.05, 0.1) is 12.2 Å². The van der Waals surface area contributed by atoms with Gasteiger partial charge in [-0.25, -0.2) is 0 Å². The van der Waals surface area contributed by atoms with Crippen molar-refractivity contribution in [3.8, 4) is 5.75 Å². The molecule has 1 aromatic carbocycles. The zero-order valence-electron chi connectivity index (χ0n) is 10.5. The van der Waals surface area contributed by atoms with Crippen molar-refractivity contribution >= 4 is 11.8 Å². The molecule has 0 saturated carbocycles. The highest BCUT2D eigenvalue weighted by Gasteiger charge is 2.04. The molecule has 0 radical (unpaired) electrons. The van der Waals surface area contributed by atoms with Crippen molar-refractivity contribution in [2.45, 2.75) is 6.92 Å². The van der Waals surface area contributed by atoms with E-state index in [0.29, 0.717) is 24.5 Å². The second-order valence-electron chi connectivity index (χ2n) is 3.27. The second-order valence-corrected chi connectivity index (χ2v) is 3.27. The first-order valence-electron chi connectivity index (χ1n) is 5.23. The summed E-state index contributed by atoms with van der Waals surface area (Å²) >= 11 is 0. The van der Waals surface area contributed by atoms with Crippen LogP contribution in [-0.4, -0.2) is 37.2 Å². The molecule has 0 saturated heterocycles. The maximum absolute atomic E-state index is 9.00. The number of methoxy groups -OCH3 is 1. The standard InChI is InChI=1S/C10H14N2O2.C2H4O2/c1-13-6-7-14-9-5-3-2-4-8(9)10(11)12;1-2(3)4/h2-5H,6-7H2,1H3,(H3,11,12);1H3,(H,3,4). The predicted octanol–water partition coefficient (Wildman–Crippen LogP) is 1.09. The van der Waals surface area contributed by atoms with Gasteiger partial charge in [-0.2, -0.15) is 0 Å². The molecule has 6 nitrogen and oxygen atoms in total. The zero-order valence-corrected chi connectivity index (χ0v) is 10.5. The number of hydrogen-bond donors (Lipinski definition) is 3. The van der Waals surface area contributed by atoms with Gasteiger partial charge in [0.15, 0.2) is 0 Å². The van der Waals surface area contributed by atoms with Gasteiger partial charge in [0.25, 0.3) is 5.97 Å². The fourth-order valence-corrected chi connectivity index (χ4v) is 1.05. The quantitative estimate of drug-likeness (QED) is 0.414. The monoisotopic (exact) mass is 254 g/mol. The highest BCUT2D eigenvalue weighted by Crippen LogP contribution is 2.16. The summed E-state index contributed by atoms with van der Waals surface area (Å²) in [6.45, 7) is 2.06. The van der Waals surface area contributed by atoms with Crippen molar-refractivity contribution in [3.63, 3.8) is 0 Å². The number of nitrogens with two attached hydrogens (primary N) is 1. The van der Waals surface area contributed by atoms with Crippen molar-refractivity contribution in [2.75, 3.05) is 20.3 Å². The number of carbonyl (C=O) groups is 1. The molecule has 0 aliphatic carbocycles. The van der Waals surface area contributed by atoms with Crippen LogP contribution in [0.15, 0.2) is 24.3 Å². The van der Waals surface area contributed by atoms with E-state index < -0.39 is 5.97 Å². The number of rotatable bonds is 5. The summed E-state index contributed by atoms with van der Waals surface area (Å²) in [5, 5.41) is 14.7. The number of hydrogen-bond acceptors (Lipinski definition) is 4. The minimum atomic E-state index is -0.833. The Morgan fingerprint density at radius 3 is 2.44 bits per heavy atom. The van der Waals surface area contributed by atoms with Gasteiger partial charge in [0.1, 0.15) is 18.2 Å². The molecular formula is C12H18N2O4. The van der Waals surface area contributed by atoms with Gasteiger partial charge in [-0.1, -0.05) is 12.1 Å². The van der Waals surface area contributed by atoms with Gasteiger partial charge in [0.2, 0.25) is 0 Å². The minimum Gasteiger partial charge on any atom is -0.490 e. The molecule has 0 fully saturated rings. The molecule has 6 heteroatoms. The van der Waals surface area contributed by atoms with Crippen molar-refractivity contribution in [1.29, 1.82) is 5.41 Å². The van der Waals surface area contributed by atoms with Gasteiger partial charge < -0.3 is 20.3 Å². The number of carboxylic acid groups (broad SMARTS) is 1. The summed E-state index contributed by atoms with van der Waals surface area (Å²) in [4.78, 5) is 9.00. The number of nitrogen functional groups attached to an aromatic ring is 1. The molecule has 0 aliphatic rings. The van der Waals surface area contributed by atoms with Crippen LogP contribution in [0.2, 0.25) is 0 Å². The van der Waals surface area contributed by atoms with Gasteiger partial charge in [0, 0.05) is 14.0 Å². The zero-order chi connectivity index (χ0) is 14.0. The van der Waals surface area contributed by atoms with Gasteiger partial charge in [-0.05, 0) is 12.1 Å². The van der Waals surface area contributed by atoms with E-state index in [1.54, 1.807) is 19.2 Å². The highest BCUT2D eigenvalue weighted by atomic mass is 16.5. The topological polar surface area (TPSA) is 106 Å². The number of aliphatic carboxylic acids is 1. The van der Waals surface area contributed by atoms with Gasteiger partial charge >= 0.3 is 0 Å². The third-order valence-electron chi connectivity index (χ3n) is 1.72. The Morgan fingerprint density at radius 1 is 1.39 bits per heavy atom. The van der Waals surface area contributed by atoms with E-state index in [9.17, 15) is 0 Å². The van der Waals surface area contributed by atoms with Crippen molar-refractivity contribution in [3.05, 3.63) is 29.8 Å². The SMILES string of the molecule is CC(=O)O.COCCOc1ccccc1C(=N)N. The Morgan fingerprint density at radius 2 is 1.94 bits per heavy atom. The van der Waals surface area contributed by atoms with E-state index in [0.717, 1.165) is 6.92 Å². The normalized spacial score (nSPS) is 9.00. The fraction of sp³-hybridized carbons (Fsp3) is 0.333. The molecule has 1 rings (SSSR count). The average molecular weight is 254 g/mol. The molecule has 0 heterocycles. The minimum absolute atomic E-state index is 0.0121. The summed E-state index contributed by atoms with van der Waals surface area (Å²) in [5.74, 6) is -0.199. The Hall–Kier alpha value is -2.08. The van der Waals surface area contributed by atoms with Crippen LogP contribution in [0.1, 0.15) is 12.5 Å². The molecule has 0 amide bonds. The molecular weight excluding hydrogens is 236 g/mol. The van der Waals surface area contributed by atoms with Crippen LogP contribution < -0.4 is 10.5 Å². The number of ether oxygens (including phenoxy) is 2. The van der Waals surface area contributed by atoms with Crippen LogP contribution in [0.4, 0.5) is 0 Å². The summed E-state index contributed by atoms with van der Waals surface area (Å²) in [5.41, 5.74) is 6.01. The maximum atomic E-state index is 9.00. The lowest BCUT2D eigenvalue weighted by Gasteiger charge is -2.09. The van der Waals surface area contributed by atoms with Crippen LogP contribution in [0.5, 0.6) is 5.75 Å². The molecule has 0 aliphatic heterocycles. The first-order chi connectivity index (χ1) is 8.49. The smallest absolute Gasteiger partial charge is 0.300 e. The number of amidine groups is 1. The lowest BCUT2D eigenvalue weighted by atomic mass is 10.2. The second kappa shape index (κ2) is 9.00. The Kier molecular flexibility index (Phi) is 7.96. The van der Waals surface area contributed by atoms with E-state index in [1.165, 1.54) is 0 Å².